The first-order valence-electron chi connectivity index (χ1n) is 10.6. The molecule has 0 aromatic heterocycles. The van der Waals surface area contributed by atoms with E-state index in [0.717, 1.165) is 12.8 Å². The summed E-state index contributed by atoms with van der Waals surface area (Å²) in [6, 6.07) is 28.8. The van der Waals surface area contributed by atoms with Crippen LogP contribution < -0.4 is 15.6 Å². The summed E-state index contributed by atoms with van der Waals surface area (Å²) in [6.45, 7) is 4.48. The van der Waals surface area contributed by atoms with Crippen LogP contribution in [0.15, 0.2) is 78.9 Å². The third-order valence-electron chi connectivity index (χ3n) is 5.51. The first-order chi connectivity index (χ1) is 13.7. The lowest BCUT2D eigenvalue weighted by Crippen LogP contribution is -2.62. The zero-order valence-electron chi connectivity index (χ0n) is 17.1. The van der Waals surface area contributed by atoms with Gasteiger partial charge < -0.3 is 0 Å². The molecule has 0 amide bonds. The summed E-state index contributed by atoms with van der Waals surface area (Å²) in [7, 11) is -2.51. The first-order valence-corrected chi connectivity index (χ1v) is 13.6. The molecule has 0 aliphatic carbocycles. The molecule has 3 aromatic carbocycles. The molecule has 0 radical (unpaired) electrons. The second-order valence-electron chi connectivity index (χ2n) is 7.63. The third-order valence-corrected chi connectivity index (χ3v) is 10.9. The molecule has 0 aliphatic rings. The van der Waals surface area contributed by atoms with E-state index < -0.39 is 7.38 Å². The van der Waals surface area contributed by atoms with Gasteiger partial charge in [0.15, 0.2) is 0 Å². The van der Waals surface area contributed by atoms with Crippen LogP contribution in [0.25, 0.3) is 0 Å². The number of rotatable bonds is 9. The van der Waals surface area contributed by atoms with Crippen molar-refractivity contribution in [2.45, 2.75) is 52.4 Å². The Kier molecular flexibility index (Phi) is 7.53. The lowest BCUT2D eigenvalue weighted by atomic mass is 10.1. The molecule has 0 fully saturated rings. The van der Waals surface area contributed by atoms with Crippen LogP contribution in [0.4, 0.5) is 0 Å². The van der Waals surface area contributed by atoms with Crippen molar-refractivity contribution in [1.29, 1.82) is 0 Å². The summed E-state index contributed by atoms with van der Waals surface area (Å²) in [6.07, 6.45) is 7.21. The molecule has 0 saturated carbocycles. The van der Waals surface area contributed by atoms with E-state index in [9.17, 15) is 0 Å². The first kappa shape index (κ1) is 20.9. The van der Waals surface area contributed by atoms with Gasteiger partial charge >= 0.3 is 0 Å². The van der Waals surface area contributed by atoms with Crippen LogP contribution in [0.3, 0.4) is 0 Å². The van der Waals surface area contributed by atoms with E-state index in [1.165, 1.54) is 52.4 Å². The van der Waals surface area contributed by atoms with Crippen molar-refractivity contribution >= 4 is 34.0 Å². The van der Waals surface area contributed by atoms with Crippen LogP contribution in [0.5, 0.6) is 0 Å². The number of halogens is 1. The molecule has 0 saturated heterocycles. The molecular formula is C26H31ClSi. The normalized spacial score (nSPS) is 11.5. The van der Waals surface area contributed by atoms with Crippen LogP contribution >= 0.6 is 11.1 Å². The van der Waals surface area contributed by atoms with E-state index in [2.05, 4.69) is 92.7 Å². The van der Waals surface area contributed by atoms with E-state index in [1.807, 2.05) is 0 Å². The zero-order chi connectivity index (χ0) is 19.8. The summed E-state index contributed by atoms with van der Waals surface area (Å²) in [5.74, 6) is 0. The van der Waals surface area contributed by atoms with Crippen LogP contribution in [0.2, 0.25) is 0 Å². The highest BCUT2D eigenvalue weighted by molar-refractivity contribution is 7.40. The van der Waals surface area contributed by atoms with Crippen LogP contribution in [-0.2, 0) is 12.8 Å². The molecule has 146 valence electrons. The second-order valence-corrected chi connectivity index (χ2v) is 12.4. The summed E-state index contributed by atoms with van der Waals surface area (Å²) < 4.78 is 0. The Morgan fingerprint density at radius 2 is 0.964 bits per heavy atom. The predicted molar refractivity (Wildman–Crippen MR) is 127 cm³/mol. The maximum absolute atomic E-state index is 7.57. The average Bonchev–Trinajstić information content (AvgIpc) is 2.77. The molecule has 0 aliphatic heterocycles. The number of unbranched alkanes of at least 4 members (excludes halogenated alkanes) is 2. The SMILES string of the molecule is CCCCc1ccc([Si](Cl)(c2ccccc2)c2ccc(CCCC)cc2)cc1. The van der Waals surface area contributed by atoms with Gasteiger partial charge in [-0.25, -0.2) is 0 Å². The van der Waals surface area contributed by atoms with Gasteiger partial charge in [-0.2, -0.15) is 0 Å². The van der Waals surface area contributed by atoms with Gasteiger partial charge in [0.05, 0.1) is 0 Å². The zero-order valence-corrected chi connectivity index (χ0v) is 18.9. The summed E-state index contributed by atoms with van der Waals surface area (Å²) in [5.41, 5.74) is 2.81. The summed E-state index contributed by atoms with van der Waals surface area (Å²) in [5, 5.41) is 3.78. The van der Waals surface area contributed by atoms with Crippen LogP contribution in [-0.4, -0.2) is 7.38 Å². The Labute approximate surface area is 176 Å². The molecule has 0 spiro atoms. The minimum absolute atomic E-state index is 1.14. The van der Waals surface area contributed by atoms with E-state index >= 15 is 0 Å². The molecule has 0 atom stereocenters. The highest BCUT2D eigenvalue weighted by Gasteiger charge is 2.37. The molecule has 0 N–H and O–H groups in total. The van der Waals surface area contributed by atoms with Gasteiger partial charge in [0, 0.05) is 0 Å². The highest BCUT2D eigenvalue weighted by atomic mass is 35.6. The Morgan fingerprint density at radius 3 is 1.36 bits per heavy atom. The van der Waals surface area contributed by atoms with Crippen molar-refractivity contribution in [3.05, 3.63) is 90.0 Å². The molecule has 3 rings (SSSR count). The largest absolute Gasteiger partial charge is 0.247 e. The van der Waals surface area contributed by atoms with E-state index in [-0.39, 0.29) is 0 Å². The molecule has 28 heavy (non-hydrogen) atoms. The Balaban J connectivity index is 1.99. The van der Waals surface area contributed by atoms with Gasteiger partial charge in [0.1, 0.15) is 0 Å². The monoisotopic (exact) mass is 406 g/mol. The van der Waals surface area contributed by atoms with Gasteiger partial charge in [-0.3, -0.25) is 0 Å². The third kappa shape index (κ3) is 4.77. The maximum atomic E-state index is 7.57. The van der Waals surface area contributed by atoms with Gasteiger partial charge in [-0.1, -0.05) is 106 Å². The molecule has 0 nitrogen and oxygen atoms in total. The Bertz CT molecular complexity index is 786. The topological polar surface area (TPSA) is 0 Å². The van der Waals surface area contributed by atoms with E-state index in [0.29, 0.717) is 0 Å². The van der Waals surface area contributed by atoms with E-state index in [1.54, 1.807) is 0 Å². The molecular weight excluding hydrogens is 376 g/mol. The van der Waals surface area contributed by atoms with Crippen LogP contribution in [0, 0.1) is 0 Å². The molecule has 0 bridgehead atoms. The minimum atomic E-state index is -2.51. The predicted octanol–water partition coefficient (Wildman–Crippen LogP) is 5.58. The van der Waals surface area contributed by atoms with Crippen molar-refractivity contribution in [2.75, 3.05) is 0 Å². The van der Waals surface area contributed by atoms with Crippen molar-refractivity contribution in [1.82, 2.24) is 0 Å². The van der Waals surface area contributed by atoms with Crippen LogP contribution in [0.1, 0.15) is 50.7 Å². The maximum Gasteiger partial charge on any atom is 0.247 e. The number of benzene rings is 3. The lowest BCUT2D eigenvalue weighted by molar-refractivity contribution is 0.795. The fraction of sp³-hybridized carbons (Fsp3) is 0.308. The quantitative estimate of drug-likeness (QED) is 0.247. The number of aryl methyl sites for hydroxylation is 2. The standard InChI is InChI=1S/C26H31ClSi/c1-3-5-10-22-14-18-25(19-15-22)28(27,24-12-8-7-9-13-24)26-20-16-23(17-21-26)11-6-4-2/h7-9,12-21H,3-6,10-11H2,1-2H3. The Hall–Kier alpha value is -1.83. The van der Waals surface area contributed by atoms with Crippen molar-refractivity contribution in [3.8, 4) is 0 Å². The van der Waals surface area contributed by atoms with Gasteiger partial charge in [0.2, 0.25) is 7.38 Å². The number of hydrogen-bond acceptors (Lipinski definition) is 0. The fourth-order valence-corrected chi connectivity index (χ4v) is 7.77. The lowest BCUT2D eigenvalue weighted by Gasteiger charge is -2.27. The summed E-state index contributed by atoms with van der Waals surface area (Å²) in [4.78, 5) is 0. The molecule has 2 heteroatoms. The molecule has 3 aromatic rings. The minimum Gasteiger partial charge on any atom is -0.149 e. The van der Waals surface area contributed by atoms with E-state index in [4.69, 9.17) is 11.1 Å². The molecule has 0 unspecified atom stereocenters. The fourth-order valence-electron chi connectivity index (χ4n) is 3.73. The van der Waals surface area contributed by atoms with Gasteiger partial charge in [-0.15, -0.1) is 11.1 Å². The van der Waals surface area contributed by atoms with Crippen molar-refractivity contribution in [3.63, 3.8) is 0 Å². The molecule has 0 heterocycles. The van der Waals surface area contributed by atoms with Gasteiger partial charge in [0.25, 0.3) is 0 Å². The average molecular weight is 407 g/mol. The highest BCUT2D eigenvalue weighted by Crippen LogP contribution is 2.15. The Morgan fingerprint density at radius 1 is 0.571 bits per heavy atom. The smallest absolute Gasteiger partial charge is 0.149 e. The summed E-state index contributed by atoms with van der Waals surface area (Å²) >= 11 is 7.57. The number of hydrogen-bond donors (Lipinski definition) is 0. The van der Waals surface area contributed by atoms with Gasteiger partial charge in [-0.05, 0) is 52.4 Å². The van der Waals surface area contributed by atoms with Crippen molar-refractivity contribution < 1.29 is 0 Å². The van der Waals surface area contributed by atoms with Crippen molar-refractivity contribution in [2.24, 2.45) is 0 Å². The second kappa shape index (κ2) is 10.1.